The number of nitrogens with zero attached hydrogens (tertiary/aromatic N) is 1. The molecular weight excluding hydrogens is 288 g/mol. The highest BCUT2D eigenvalue weighted by Crippen LogP contribution is 2.69. The van der Waals surface area contributed by atoms with Crippen molar-refractivity contribution in [3.05, 3.63) is 0 Å². The molecule has 4 bridgehead atoms. The summed E-state index contributed by atoms with van der Waals surface area (Å²) in [6.45, 7) is 7.47. The van der Waals surface area contributed by atoms with Crippen LogP contribution in [0, 0.1) is 22.2 Å². The lowest BCUT2D eigenvalue weighted by atomic mass is 9.40. The molecule has 0 aromatic carbocycles. The SMILES string of the molecule is CN(C)CC(C)(O)CNC(=O)C12CC3CC(C)(CC(C)(C3)C1)C2. The van der Waals surface area contributed by atoms with E-state index in [1.54, 1.807) is 6.92 Å². The number of hydrogen-bond donors (Lipinski definition) is 2. The predicted octanol–water partition coefficient (Wildman–Crippen LogP) is 2.41. The number of aliphatic hydroxyl groups is 1. The van der Waals surface area contributed by atoms with Gasteiger partial charge in [-0.2, -0.15) is 0 Å². The molecule has 23 heavy (non-hydrogen) atoms. The Labute approximate surface area is 141 Å². The average molecular weight is 322 g/mol. The van der Waals surface area contributed by atoms with Gasteiger partial charge in [0.25, 0.3) is 0 Å². The van der Waals surface area contributed by atoms with Gasteiger partial charge in [-0.05, 0) is 76.3 Å². The molecule has 3 atom stereocenters. The summed E-state index contributed by atoms with van der Waals surface area (Å²) in [5.41, 5.74) is -0.373. The maximum absolute atomic E-state index is 13.1. The van der Waals surface area contributed by atoms with Crippen LogP contribution in [0.15, 0.2) is 0 Å². The minimum absolute atomic E-state index is 0.183. The molecule has 132 valence electrons. The normalized spacial score (nSPS) is 44.4. The lowest BCUT2D eigenvalue weighted by molar-refractivity contribution is -0.170. The first-order chi connectivity index (χ1) is 10.5. The van der Waals surface area contributed by atoms with Crippen molar-refractivity contribution in [1.82, 2.24) is 10.2 Å². The zero-order chi connectivity index (χ0) is 17.1. The fourth-order valence-electron chi connectivity index (χ4n) is 6.90. The third kappa shape index (κ3) is 3.30. The van der Waals surface area contributed by atoms with Gasteiger partial charge in [-0.15, -0.1) is 0 Å². The van der Waals surface area contributed by atoms with Gasteiger partial charge >= 0.3 is 0 Å². The van der Waals surface area contributed by atoms with E-state index in [9.17, 15) is 9.90 Å². The summed E-state index contributed by atoms with van der Waals surface area (Å²) >= 11 is 0. The summed E-state index contributed by atoms with van der Waals surface area (Å²) in [5.74, 6) is 0.910. The number of amides is 1. The van der Waals surface area contributed by atoms with E-state index in [0.717, 1.165) is 19.3 Å². The predicted molar refractivity (Wildman–Crippen MR) is 92.0 cm³/mol. The Morgan fingerprint density at radius 3 is 2.22 bits per heavy atom. The molecule has 0 aromatic heterocycles. The molecule has 4 aliphatic carbocycles. The maximum Gasteiger partial charge on any atom is 0.226 e. The van der Waals surface area contributed by atoms with E-state index in [1.165, 1.54) is 19.3 Å². The van der Waals surface area contributed by atoms with Crippen molar-refractivity contribution in [3.8, 4) is 0 Å². The first-order valence-corrected chi connectivity index (χ1v) is 9.11. The molecule has 1 amide bonds. The molecule has 0 spiro atoms. The van der Waals surface area contributed by atoms with Gasteiger partial charge < -0.3 is 15.3 Å². The number of likely N-dealkylation sites (N-methyl/N-ethyl adjacent to an activating group) is 1. The monoisotopic (exact) mass is 322 g/mol. The molecule has 2 N–H and O–H groups in total. The quantitative estimate of drug-likeness (QED) is 0.817. The summed E-state index contributed by atoms with van der Waals surface area (Å²) in [4.78, 5) is 15.0. The van der Waals surface area contributed by atoms with Crippen molar-refractivity contribution in [3.63, 3.8) is 0 Å². The van der Waals surface area contributed by atoms with Crippen LogP contribution in [0.25, 0.3) is 0 Å². The first kappa shape index (κ1) is 17.2. The molecule has 4 nitrogen and oxygen atoms in total. The fraction of sp³-hybridized carbons (Fsp3) is 0.947. The highest BCUT2D eigenvalue weighted by molar-refractivity contribution is 5.83. The van der Waals surface area contributed by atoms with Crippen molar-refractivity contribution in [2.75, 3.05) is 27.2 Å². The molecule has 4 fully saturated rings. The van der Waals surface area contributed by atoms with E-state index in [0.29, 0.717) is 29.8 Å². The van der Waals surface area contributed by atoms with Crippen molar-refractivity contribution in [2.45, 2.75) is 64.9 Å². The molecule has 4 saturated carbocycles. The van der Waals surface area contributed by atoms with Gasteiger partial charge in [0.15, 0.2) is 0 Å². The van der Waals surface area contributed by atoms with Gasteiger partial charge in [0.2, 0.25) is 5.91 Å². The Morgan fingerprint density at radius 2 is 1.74 bits per heavy atom. The lowest BCUT2D eigenvalue weighted by Gasteiger charge is -2.64. The highest BCUT2D eigenvalue weighted by atomic mass is 16.3. The van der Waals surface area contributed by atoms with E-state index in [-0.39, 0.29) is 11.3 Å². The minimum Gasteiger partial charge on any atom is -0.387 e. The van der Waals surface area contributed by atoms with Crippen LogP contribution >= 0.6 is 0 Å². The van der Waals surface area contributed by atoms with Gasteiger partial charge in [0, 0.05) is 13.1 Å². The lowest BCUT2D eigenvalue weighted by Crippen LogP contribution is -2.61. The molecule has 4 rings (SSSR count). The third-order valence-corrected chi connectivity index (χ3v) is 6.39. The van der Waals surface area contributed by atoms with Gasteiger partial charge in [-0.1, -0.05) is 13.8 Å². The molecular formula is C19H34N2O2. The molecule has 0 aromatic rings. The van der Waals surface area contributed by atoms with E-state index in [1.807, 2.05) is 19.0 Å². The molecule has 0 saturated heterocycles. The Balaban J connectivity index is 1.70. The molecule has 4 aliphatic rings. The Bertz CT molecular complexity index is 482. The summed E-state index contributed by atoms with van der Waals surface area (Å²) in [6.07, 6.45) is 7.01. The van der Waals surface area contributed by atoms with Gasteiger partial charge in [0.1, 0.15) is 0 Å². The van der Waals surface area contributed by atoms with Crippen LogP contribution in [0.1, 0.15) is 59.3 Å². The largest absolute Gasteiger partial charge is 0.387 e. The van der Waals surface area contributed by atoms with Crippen molar-refractivity contribution >= 4 is 5.91 Å². The van der Waals surface area contributed by atoms with E-state index in [2.05, 4.69) is 19.2 Å². The second-order valence-electron chi connectivity index (χ2n) is 10.3. The van der Waals surface area contributed by atoms with Gasteiger partial charge in [-0.3, -0.25) is 4.79 Å². The standard InChI is InChI=1S/C19H34N2O2/c1-16-6-14-7-17(2,9-16)11-19(8-14,10-16)15(22)20-12-18(3,23)13-21(4)5/h14,23H,6-13H2,1-5H3,(H,20,22). The number of carbonyl (C=O) groups is 1. The number of carbonyl (C=O) groups excluding carboxylic acids is 1. The van der Waals surface area contributed by atoms with Crippen LogP contribution in [0.5, 0.6) is 0 Å². The van der Waals surface area contributed by atoms with Crippen LogP contribution in [0.2, 0.25) is 0 Å². The highest BCUT2D eigenvalue weighted by Gasteiger charge is 2.62. The smallest absolute Gasteiger partial charge is 0.226 e. The topological polar surface area (TPSA) is 52.6 Å². The Kier molecular flexibility index (Phi) is 3.89. The average Bonchev–Trinajstić information content (AvgIpc) is 2.29. The molecule has 0 heterocycles. The van der Waals surface area contributed by atoms with Crippen molar-refractivity contribution in [1.29, 1.82) is 0 Å². The first-order valence-electron chi connectivity index (χ1n) is 9.11. The second kappa shape index (κ2) is 5.19. The van der Waals surface area contributed by atoms with Crippen LogP contribution in [-0.4, -0.2) is 48.7 Å². The number of rotatable bonds is 5. The fourth-order valence-corrected chi connectivity index (χ4v) is 6.90. The van der Waals surface area contributed by atoms with Gasteiger partial charge in [0.05, 0.1) is 11.0 Å². The van der Waals surface area contributed by atoms with E-state index < -0.39 is 5.60 Å². The third-order valence-electron chi connectivity index (χ3n) is 6.39. The van der Waals surface area contributed by atoms with Crippen molar-refractivity contribution < 1.29 is 9.90 Å². The summed E-state index contributed by atoms with van der Waals surface area (Å²) < 4.78 is 0. The summed E-state index contributed by atoms with van der Waals surface area (Å²) in [6, 6.07) is 0. The van der Waals surface area contributed by atoms with Crippen LogP contribution in [0.4, 0.5) is 0 Å². The Morgan fingerprint density at radius 1 is 1.17 bits per heavy atom. The minimum atomic E-state index is -0.880. The van der Waals surface area contributed by atoms with Gasteiger partial charge in [-0.25, -0.2) is 0 Å². The number of hydrogen-bond acceptors (Lipinski definition) is 3. The zero-order valence-electron chi connectivity index (χ0n) is 15.5. The van der Waals surface area contributed by atoms with E-state index in [4.69, 9.17) is 0 Å². The summed E-state index contributed by atoms with van der Waals surface area (Å²) in [7, 11) is 3.88. The second-order valence-corrected chi connectivity index (χ2v) is 10.3. The van der Waals surface area contributed by atoms with Crippen LogP contribution < -0.4 is 5.32 Å². The molecule has 0 aliphatic heterocycles. The zero-order valence-corrected chi connectivity index (χ0v) is 15.5. The van der Waals surface area contributed by atoms with Crippen LogP contribution in [0.3, 0.4) is 0 Å². The van der Waals surface area contributed by atoms with Crippen molar-refractivity contribution in [2.24, 2.45) is 22.2 Å². The summed E-state index contributed by atoms with van der Waals surface area (Å²) in [5, 5.41) is 13.6. The Hall–Kier alpha value is -0.610. The van der Waals surface area contributed by atoms with E-state index >= 15 is 0 Å². The molecule has 0 radical (unpaired) electrons. The molecule has 4 heteroatoms. The van der Waals surface area contributed by atoms with Crippen LogP contribution in [-0.2, 0) is 4.79 Å². The molecule has 3 unspecified atom stereocenters. The maximum atomic E-state index is 13.1. The number of nitrogens with one attached hydrogen (secondary N) is 1.